The molecule has 0 N–H and O–H groups in total. The number of methoxy groups -OCH3 is 1. The molecule has 0 fully saturated rings. The Morgan fingerprint density at radius 2 is 2.06 bits per heavy atom. The third-order valence-corrected chi connectivity index (χ3v) is 2.92. The Morgan fingerprint density at radius 3 is 2.83 bits per heavy atom. The van der Waals surface area contributed by atoms with Crippen LogP contribution in [0.2, 0.25) is 0 Å². The maximum absolute atomic E-state index is 5.35. The van der Waals surface area contributed by atoms with E-state index in [9.17, 15) is 0 Å². The Hall–Kier alpha value is -2.36. The van der Waals surface area contributed by atoms with Crippen molar-refractivity contribution in [1.82, 2.24) is 14.5 Å². The summed E-state index contributed by atoms with van der Waals surface area (Å²) in [5.41, 5.74) is 1.08. The van der Waals surface area contributed by atoms with Crippen LogP contribution in [0.5, 0.6) is 5.75 Å². The molecule has 18 heavy (non-hydrogen) atoms. The lowest BCUT2D eigenvalue weighted by atomic mass is 10.2. The van der Waals surface area contributed by atoms with Gasteiger partial charge in [-0.3, -0.25) is 0 Å². The molecule has 0 saturated carbocycles. The largest absolute Gasteiger partial charge is 0.496 e. The fourth-order valence-electron chi connectivity index (χ4n) is 2.10. The molecule has 3 aromatic rings. The van der Waals surface area contributed by atoms with E-state index >= 15 is 0 Å². The number of aryl methyl sites for hydroxylation is 1. The number of benzene rings is 1. The van der Waals surface area contributed by atoms with E-state index in [4.69, 9.17) is 4.74 Å². The molecule has 0 saturated heterocycles. The van der Waals surface area contributed by atoms with Crippen molar-refractivity contribution in [1.29, 1.82) is 0 Å². The van der Waals surface area contributed by atoms with Crippen LogP contribution in [-0.4, -0.2) is 21.6 Å². The predicted molar refractivity (Wildman–Crippen MR) is 70.2 cm³/mol. The molecule has 0 aliphatic rings. The van der Waals surface area contributed by atoms with Gasteiger partial charge in [-0.15, -0.1) is 0 Å². The Bertz CT molecular complexity index is 703. The molecule has 3 rings (SSSR count). The molecule has 4 heteroatoms. The second-order valence-electron chi connectivity index (χ2n) is 4.04. The van der Waals surface area contributed by atoms with Crippen molar-refractivity contribution >= 4 is 10.9 Å². The number of ether oxygens (including phenoxy) is 1. The van der Waals surface area contributed by atoms with Gasteiger partial charge < -0.3 is 9.30 Å². The van der Waals surface area contributed by atoms with Crippen molar-refractivity contribution in [3.63, 3.8) is 0 Å². The number of fused-ring (bicyclic) bond motifs is 1. The highest BCUT2D eigenvalue weighted by Crippen LogP contribution is 2.27. The summed E-state index contributed by atoms with van der Waals surface area (Å²) >= 11 is 0. The molecule has 0 radical (unpaired) electrons. The van der Waals surface area contributed by atoms with Crippen molar-refractivity contribution in [2.24, 2.45) is 0 Å². The monoisotopic (exact) mass is 239 g/mol. The van der Waals surface area contributed by atoms with Crippen molar-refractivity contribution in [3.05, 3.63) is 48.5 Å². The smallest absolute Gasteiger partial charge is 0.140 e. The lowest BCUT2D eigenvalue weighted by Gasteiger charge is -2.06. The average Bonchev–Trinajstić information content (AvgIpc) is 2.82. The molecular weight excluding hydrogens is 226 g/mol. The number of nitrogens with zero attached hydrogens (tertiary/aromatic N) is 3. The van der Waals surface area contributed by atoms with Crippen LogP contribution < -0.4 is 4.74 Å². The molecule has 2 aromatic heterocycles. The Balaban J connectivity index is 2.25. The van der Waals surface area contributed by atoms with Crippen LogP contribution in [0.25, 0.3) is 16.7 Å². The molecule has 0 amide bonds. The van der Waals surface area contributed by atoms with Crippen LogP contribution in [0.4, 0.5) is 0 Å². The van der Waals surface area contributed by atoms with Gasteiger partial charge in [0.15, 0.2) is 0 Å². The van der Waals surface area contributed by atoms with Gasteiger partial charge in [0.25, 0.3) is 0 Å². The molecular formula is C14H13N3O. The first-order chi connectivity index (χ1) is 8.79. The van der Waals surface area contributed by atoms with Gasteiger partial charge in [0.2, 0.25) is 0 Å². The highest BCUT2D eigenvalue weighted by atomic mass is 16.5. The molecule has 0 atom stereocenters. The molecule has 90 valence electrons. The van der Waals surface area contributed by atoms with E-state index in [1.54, 1.807) is 13.3 Å². The van der Waals surface area contributed by atoms with Gasteiger partial charge in [-0.1, -0.05) is 6.07 Å². The molecule has 4 nitrogen and oxygen atoms in total. The predicted octanol–water partition coefficient (Wildman–Crippen LogP) is 2.74. The molecule has 0 unspecified atom stereocenters. The fraction of sp³-hybridized carbons (Fsp3) is 0.143. The summed E-state index contributed by atoms with van der Waals surface area (Å²) in [6.07, 6.45) is 3.76. The SMILES string of the molecule is COc1cccc2c1ccn2-c1ccnc(C)n1. The van der Waals surface area contributed by atoms with Gasteiger partial charge in [0, 0.05) is 17.8 Å². The third-order valence-electron chi connectivity index (χ3n) is 2.92. The number of hydrogen-bond donors (Lipinski definition) is 0. The zero-order valence-corrected chi connectivity index (χ0v) is 10.3. The molecule has 0 aliphatic carbocycles. The summed E-state index contributed by atoms with van der Waals surface area (Å²) in [6.45, 7) is 1.88. The standard InChI is InChI=1S/C14H13N3O/c1-10-15-8-6-14(16-10)17-9-7-11-12(17)4-3-5-13(11)18-2/h3-9H,1-2H3. The van der Waals surface area contributed by atoms with Crippen LogP contribution in [-0.2, 0) is 0 Å². The zero-order chi connectivity index (χ0) is 12.5. The number of rotatable bonds is 2. The first-order valence-electron chi connectivity index (χ1n) is 5.73. The van der Waals surface area contributed by atoms with Gasteiger partial charge >= 0.3 is 0 Å². The third kappa shape index (κ3) is 1.62. The fourth-order valence-corrected chi connectivity index (χ4v) is 2.10. The molecule has 0 bridgehead atoms. The summed E-state index contributed by atoms with van der Waals surface area (Å²) < 4.78 is 7.39. The van der Waals surface area contributed by atoms with E-state index in [1.165, 1.54) is 0 Å². The minimum absolute atomic E-state index is 0.761. The second kappa shape index (κ2) is 4.14. The summed E-state index contributed by atoms with van der Waals surface area (Å²) in [5, 5.41) is 1.08. The van der Waals surface area contributed by atoms with Crippen molar-refractivity contribution in [3.8, 4) is 11.6 Å². The minimum Gasteiger partial charge on any atom is -0.496 e. The number of aromatic nitrogens is 3. The first kappa shape index (κ1) is 10.8. The highest BCUT2D eigenvalue weighted by molar-refractivity contribution is 5.87. The summed E-state index contributed by atoms with van der Waals surface area (Å²) in [4.78, 5) is 8.55. The van der Waals surface area contributed by atoms with Gasteiger partial charge in [-0.2, -0.15) is 0 Å². The van der Waals surface area contributed by atoms with E-state index in [2.05, 4.69) is 16.0 Å². The van der Waals surface area contributed by atoms with E-state index in [1.807, 2.05) is 42.0 Å². The maximum Gasteiger partial charge on any atom is 0.140 e. The van der Waals surface area contributed by atoms with Crippen LogP contribution in [0.15, 0.2) is 42.7 Å². The normalized spacial score (nSPS) is 10.8. The van der Waals surface area contributed by atoms with Gasteiger partial charge in [0.1, 0.15) is 17.4 Å². The van der Waals surface area contributed by atoms with Crippen LogP contribution in [0.1, 0.15) is 5.82 Å². The Morgan fingerprint density at radius 1 is 1.17 bits per heavy atom. The van der Waals surface area contributed by atoms with Crippen molar-refractivity contribution in [2.75, 3.05) is 7.11 Å². The van der Waals surface area contributed by atoms with Crippen LogP contribution in [0, 0.1) is 6.92 Å². The van der Waals surface area contributed by atoms with Crippen LogP contribution >= 0.6 is 0 Å². The van der Waals surface area contributed by atoms with E-state index < -0.39 is 0 Å². The Kier molecular flexibility index (Phi) is 2.48. The van der Waals surface area contributed by atoms with E-state index in [0.717, 1.165) is 28.3 Å². The topological polar surface area (TPSA) is 39.9 Å². The first-order valence-corrected chi connectivity index (χ1v) is 5.73. The molecule has 0 spiro atoms. The zero-order valence-electron chi connectivity index (χ0n) is 10.3. The van der Waals surface area contributed by atoms with E-state index in [-0.39, 0.29) is 0 Å². The van der Waals surface area contributed by atoms with Crippen molar-refractivity contribution in [2.45, 2.75) is 6.92 Å². The maximum atomic E-state index is 5.35. The highest BCUT2D eigenvalue weighted by Gasteiger charge is 2.07. The molecule has 2 heterocycles. The molecule has 0 aliphatic heterocycles. The summed E-state index contributed by atoms with van der Waals surface area (Å²) in [5.74, 6) is 2.50. The van der Waals surface area contributed by atoms with Gasteiger partial charge in [-0.05, 0) is 31.2 Å². The summed E-state index contributed by atoms with van der Waals surface area (Å²) in [6, 6.07) is 9.91. The van der Waals surface area contributed by atoms with Crippen LogP contribution in [0.3, 0.4) is 0 Å². The second-order valence-corrected chi connectivity index (χ2v) is 4.04. The Labute approximate surface area is 105 Å². The van der Waals surface area contributed by atoms with E-state index in [0.29, 0.717) is 0 Å². The minimum atomic E-state index is 0.761. The van der Waals surface area contributed by atoms with Crippen molar-refractivity contribution < 1.29 is 4.74 Å². The van der Waals surface area contributed by atoms with Gasteiger partial charge in [0.05, 0.1) is 12.6 Å². The number of hydrogen-bond acceptors (Lipinski definition) is 3. The molecule has 1 aromatic carbocycles. The average molecular weight is 239 g/mol. The lowest BCUT2D eigenvalue weighted by Crippen LogP contribution is -1.98. The summed E-state index contributed by atoms with van der Waals surface area (Å²) in [7, 11) is 1.68. The lowest BCUT2D eigenvalue weighted by molar-refractivity contribution is 0.420. The quantitative estimate of drug-likeness (QED) is 0.690. The van der Waals surface area contributed by atoms with Gasteiger partial charge in [-0.25, -0.2) is 9.97 Å².